The van der Waals surface area contributed by atoms with Crippen LogP contribution in [0.2, 0.25) is 10.3 Å². The molecule has 0 radical (unpaired) electrons. The quantitative estimate of drug-likeness (QED) is 0.201. The summed E-state index contributed by atoms with van der Waals surface area (Å²) in [5, 5.41) is 33.2. The monoisotopic (exact) mass is 786 g/mol. The van der Waals surface area contributed by atoms with E-state index >= 15 is 0 Å². The Kier molecular flexibility index (Phi) is 10.1. The zero-order valence-electron chi connectivity index (χ0n) is 29.1. The molecule has 286 valence electrons. The maximum Gasteiger partial charge on any atom is 0.417 e. The summed E-state index contributed by atoms with van der Waals surface area (Å²) in [6.07, 6.45) is 0.174. The van der Waals surface area contributed by atoms with E-state index in [1.165, 1.54) is 35.9 Å². The number of rotatable bonds is 5. The number of anilines is 2. The Morgan fingerprint density at radius 1 is 0.815 bits per heavy atom. The van der Waals surface area contributed by atoms with Crippen molar-refractivity contribution in [2.24, 2.45) is 0 Å². The molecule has 0 saturated carbocycles. The predicted molar refractivity (Wildman–Crippen MR) is 196 cm³/mol. The van der Waals surface area contributed by atoms with E-state index in [4.69, 9.17) is 33.3 Å². The van der Waals surface area contributed by atoms with Crippen molar-refractivity contribution in [2.75, 3.05) is 49.1 Å². The first kappa shape index (κ1) is 36.7. The molecule has 4 fully saturated rings. The second-order valence-electron chi connectivity index (χ2n) is 14.2. The number of likely N-dealkylation sites (tertiary alicyclic amines) is 1. The molecule has 4 aromatic heterocycles. The van der Waals surface area contributed by atoms with Gasteiger partial charge in [0.05, 0.1) is 46.8 Å². The average Bonchev–Trinajstić information content (AvgIpc) is 3.77. The van der Waals surface area contributed by atoms with E-state index in [2.05, 4.69) is 15.4 Å². The largest absolute Gasteiger partial charge is 0.417 e. The molecule has 3 N–H and O–H groups in total. The Bertz CT molecular complexity index is 2160. The Morgan fingerprint density at radius 2 is 1.50 bits per heavy atom. The third-order valence-corrected chi connectivity index (χ3v) is 10.9. The molecule has 0 unspecified atom stereocenters. The number of nitrogens with zero attached hydrogens (tertiary/aromatic N) is 9. The van der Waals surface area contributed by atoms with Gasteiger partial charge in [-0.1, -0.05) is 41.8 Å². The van der Waals surface area contributed by atoms with E-state index in [0.29, 0.717) is 84.7 Å². The third-order valence-electron chi connectivity index (χ3n) is 10.4. The highest BCUT2D eigenvalue weighted by Gasteiger charge is 2.39. The Morgan fingerprint density at radius 3 is 2.22 bits per heavy atom. The van der Waals surface area contributed by atoms with Crippen molar-refractivity contribution in [3.05, 3.63) is 81.4 Å². The minimum absolute atomic E-state index is 0.306. The highest BCUT2D eigenvalue weighted by atomic mass is 35.5. The van der Waals surface area contributed by atoms with Crippen LogP contribution < -0.4 is 15.1 Å². The average molecular weight is 788 g/mol. The van der Waals surface area contributed by atoms with Gasteiger partial charge in [0.15, 0.2) is 11.3 Å². The van der Waals surface area contributed by atoms with Crippen LogP contribution in [0, 0.1) is 0 Å². The molecule has 9 rings (SSSR count). The molecule has 8 heterocycles. The number of fused-ring (bicyclic) bond motifs is 2. The van der Waals surface area contributed by atoms with E-state index in [-0.39, 0.29) is 5.56 Å². The zero-order valence-corrected chi connectivity index (χ0v) is 30.6. The lowest BCUT2D eigenvalue weighted by molar-refractivity contribution is -0.138. The lowest BCUT2D eigenvalue weighted by Crippen LogP contribution is -2.53. The molecule has 5 aromatic rings. The molecule has 1 aromatic carbocycles. The fraction of sp³-hybridized carbons (Fsp3) is 0.472. The number of hydrogen-bond acceptors (Lipinski definition) is 10. The lowest BCUT2D eigenvalue weighted by atomic mass is 9.97. The molecule has 4 aliphatic heterocycles. The van der Waals surface area contributed by atoms with Gasteiger partial charge in [-0.15, -0.1) is 0 Å². The van der Waals surface area contributed by atoms with Crippen LogP contribution in [0.15, 0.2) is 48.5 Å². The summed E-state index contributed by atoms with van der Waals surface area (Å²) in [4.78, 5) is 27.8. The van der Waals surface area contributed by atoms with E-state index in [0.717, 1.165) is 37.0 Å². The highest BCUT2D eigenvalue weighted by Crippen LogP contribution is 2.37. The van der Waals surface area contributed by atoms with E-state index in [9.17, 15) is 28.2 Å². The van der Waals surface area contributed by atoms with Gasteiger partial charge in [-0.2, -0.15) is 27.9 Å². The van der Waals surface area contributed by atoms with Gasteiger partial charge in [0.1, 0.15) is 21.9 Å². The van der Waals surface area contributed by atoms with Crippen LogP contribution >= 0.6 is 23.2 Å². The van der Waals surface area contributed by atoms with E-state index in [1.54, 1.807) is 21.2 Å². The number of aliphatic hydroxyl groups excluding tert-OH is 2. The van der Waals surface area contributed by atoms with Crippen LogP contribution in [-0.2, 0) is 6.18 Å². The molecule has 0 bridgehead atoms. The molecular weight excluding hydrogens is 748 g/mol. The summed E-state index contributed by atoms with van der Waals surface area (Å²) < 4.78 is 44.2. The standard InChI is InChI=1S/C25H27F3N6O3.C11H12Cl2N4/c26-25(27,28)18-6-2-1-5-17(18)24(37)33-8-4-3-7-20(33)19-9-22-29-21(31-11-15(35)12-31)10-23(34(22)30-19)32-13-16(36)14-32;12-9-6-10(13)17-11(15-9)5-8(16-17)7-3-1-2-4-14-7/h1-2,5-6,9-10,15-16,20,35-36H,3-4,7-8,11-14H2;5-7,14H,1-4H2/t20-;7-/m00/s1. The second kappa shape index (κ2) is 14.8. The van der Waals surface area contributed by atoms with Crippen LogP contribution in [-0.4, -0.2) is 102 Å². The van der Waals surface area contributed by atoms with Gasteiger partial charge in [-0.3, -0.25) is 4.79 Å². The molecule has 2 atom stereocenters. The van der Waals surface area contributed by atoms with E-state index < -0.39 is 35.9 Å². The number of amides is 1. The highest BCUT2D eigenvalue weighted by molar-refractivity contribution is 6.33. The maximum absolute atomic E-state index is 13.6. The summed E-state index contributed by atoms with van der Waals surface area (Å²) in [5.74, 6) is 0.745. The number of hydrogen-bond donors (Lipinski definition) is 3. The van der Waals surface area contributed by atoms with Crippen molar-refractivity contribution in [3.8, 4) is 0 Å². The molecule has 0 spiro atoms. The topological polar surface area (TPSA) is 140 Å². The van der Waals surface area contributed by atoms with Crippen LogP contribution in [0.5, 0.6) is 0 Å². The first-order valence-electron chi connectivity index (χ1n) is 18.1. The smallest absolute Gasteiger partial charge is 0.389 e. The number of β-amino-alcohol motifs (C(OH)–C–C–N with tert-alkyl or cyclic N) is 2. The number of halogens is 5. The number of aliphatic hydroxyl groups is 2. The van der Waals surface area contributed by atoms with Gasteiger partial charge >= 0.3 is 6.18 Å². The number of nitrogens with one attached hydrogen (secondary N) is 1. The maximum atomic E-state index is 13.6. The number of aromatic nitrogens is 6. The first-order valence-corrected chi connectivity index (χ1v) is 18.9. The molecule has 0 aliphatic carbocycles. The van der Waals surface area contributed by atoms with Crippen molar-refractivity contribution < 1.29 is 28.2 Å². The Hall–Kier alpha value is -4.22. The summed E-state index contributed by atoms with van der Waals surface area (Å²) in [6, 6.07) is 11.9. The van der Waals surface area contributed by atoms with E-state index in [1.807, 2.05) is 21.9 Å². The van der Waals surface area contributed by atoms with Crippen LogP contribution in [0.4, 0.5) is 24.8 Å². The minimum atomic E-state index is -4.64. The second-order valence-corrected chi connectivity index (χ2v) is 15.0. The van der Waals surface area contributed by atoms with Crippen molar-refractivity contribution >= 4 is 52.0 Å². The molecule has 4 aliphatic rings. The van der Waals surface area contributed by atoms with Crippen LogP contribution in [0.25, 0.3) is 11.3 Å². The molecule has 54 heavy (non-hydrogen) atoms. The van der Waals surface area contributed by atoms with Crippen LogP contribution in [0.3, 0.4) is 0 Å². The number of benzene rings is 1. The molecular formula is C36H39Cl2F3N10O3. The first-order chi connectivity index (χ1) is 25.9. The van der Waals surface area contributed by atoms with Gasteiger partial charge in [0.25, 0.3) is 5.91 Å². The van der Waals surface area contributed by atoms with Crippen molar-refractivity contribution in [3.63, 3.8) is 0 Å². The fourth-order valence-electron chi connectivity index (χ4n) is 7.55. The van der Waals surface area contributed by atoms with Gasteiger partial charge in [-0.25, -0.2) is 14.5 Å². The Labute approximate surface area is 318 Å². The summed E-state index contributed by atoms with van der Waals surface area (Å²) in [6.45, 7) is 3.20. The normalized spacial score (nSPS) is 21.2. The lowest BCUT2D eigenvalue weighted by Gasteiger charge is -2.40. The van der Waals surface area contributed by atoms with Gasteiger partial charge in [0, 0.05) is 57.0 Å². The SMILES string of the molecule is Clc1cc(Cl)n2nc([C@@H]3CCCCN3)cc2n1.O=C(c1ccccc1C(F)(F)F)N1CCCC[C@H]1c1cc2nc(N3CC(O)C3)cc(N3CC(O)C3)n2n1. The molecule has 13 nitrogen and oxygen atoms in total. The third kappa shape index (κ3) is 7.29. The predicted octanol–water partition coefficient (Wildman–Crippen LogP) is 5.33. The fourth-order valence-corrected chi connectivity index (χ4v) is 8.03. The van der Waals surface area contributed by atoms with Gasteiger partial charge in [-0.05, 0) is 50.8 Å². The zero-order chi connectivity index (χ0) is 37.7. The number of carbonyl (C=O) groups is 1. The van der Waals surface area contributed by atoms with Crippen molar-refractivity contribution in [1.29, 1.82) is 0 Å². The van der Waals surface area contributed by atoms with Crippen molar-refractivity contribution in [1.82, 2.24) is 39.4 Å². The Balaban J connectivity index is 0.000000202. The minimum Gasteiger partial charge on any atom is -0.389 e. The van der Waals surface area contributed by atoms with Crippen LogP contribution in [0.1, 0.15) is 77.9 Å². The summed E-state index contributed by atoms with van der Waals surface area (Å²) in [5.41, 5.74) is 1.48. The number of piperidine rings is 2. The van der Waals surface area contributed by atoms with Gasteiger partial charge < -0.3 is 30.2 Å². The summed E-state index contributed by atoms with van der Waals surface area (Å²) in [7, 11) is 0. The molecule has 4 saturated heterocycles. The number of carbonyl (C=O) groups excluding carboxylic acids is 1. The van der Waals surface area contributed by atoms with Gasteiger partial charge in [0.2, 0.25) is 0 Å². The van der Waals surface area contributed by atoms with Crippen molar-refractivity contribution in [2.45, 2.75) is 69.0 Å². The number of alkyl halides is 3. The molecule has 18 heteroatoms. The summed E-state index contributed by atoms with van der Waals surface area (Å²) >= 11 is 11.9. The molecule has 1 amide bonds.